The smallest absolute Gasteiger partial charge is 0.395 e. The number of carbonyl (C=O) groups is 1. The van der Waals surface area contributed by atoms with Crippen LogP contribution >= 0.6 is 0 Å². The highest BCUT2D eigenvalue weighted by molar-refractivity contribution is 5.95. The third-order valence-electron chi connectivity index (χ3n) is 4.85. The highest BCUT2D eigenvalue weighted by Crippen LogP contribution is 2.41. The van der Waals surface area contributed by atoms with Crippen LogP contribution in [0.25, 0.3) is 6.08 Å². The van der Waals surface area contributed by atoms with E-state index in [0.717, 1.165) is 12.1 Å². The molecule has 2 aromatic carbocycles. The van der Waals surface area contributed by atoms with Crippen molar-refractivity contribution in [2.45, 2.75) is 6.29 Å². The van der Waals surface area contributed by atoms with Gasteiger partial charge in [0.15, 0.2) is 11.5 Å². The zero-order valence-electron chi connectivity index (χ0n) is 15.5. The highest BCUT2D eigenvalue weighted by atomic mass is 19.3. The molecule has 0 aliphatic carbocycles. The summed E-state index contributed by atoms with van der Waals surface area (Å²) < 4.78 is 47.9. The Morgan fingerprint density at radius 1 is 1.00 bits per heavy atom. The molecule has 4 rings (SSSR count). The molecule has 5 nitrogen and oxygen atoms in total. The van der Waals surface area contributed by atoms with E-state index in [-0.39, 0.29) is 28.8 Å². The molecule has 1 amide bonds. The van der Waals surface area contributed by atoms with Crippen molar-refractivity contribution in [2.24, 2.45) is 0 Å². The van der Waals surface area contributed by atoms with Gasteiger partial charge in [-0.05, 0) is 35.9 Å². The van der Waals surface area contributed by atoms with Crippen LogP contribution in [0.2, 0.25) is 0 Å². The number of piperazine rings is 1. The zero-order chi connectivity index (χ0) is 20.4. The van der Waals surface area contributed by atoms with Gasteiger partial charge in [-0.3, -0.25) is 9.69 Å². The van der Waals surface area contributed by atoms with Gasteiger partial charge in [0.1, 0.15) is 5.82 Å². The van der Waals surface area contributed by atoms with E-state index in [1.807, 2.05) is 12.2 Å². The van der Waals surface area contributed by atoms with Crippen LogP contribution in [-0.2, 0) is 0 Å². The number of carbonyl (C=O) groups excluding carboxylic acids is 1. The molecule has 1 saturated heterocycles. The first kappa shape index (κ1) is 19.3. The number of ether oxygens (including phenoxy) is 2. The van der Waals surface area contributed by atoms with Gasteiger partial charge in [0.05, 0.1) is 0 Å². The molecule has 0 unspecified atom stereocenters. The standard InChI is InChI=1S/C21H19F3N2O3/c22-17-6-3-15(4-7-17)2-1-9-25-10-12-26(13-11-25)20(27)16-5-8-18-19(14-16)29-21(23,24)28-18/h1-8,14H,9-13H2/b2-1+. The summed E-state index contributed by atoms with van der Waals surface area (Å²) in [7, 11) is 0. The second-order valence-corrected chi connectivity index (χ2v) is 6.88. The number of nitrogens with zero attached hydrogens (tertiary/aromatic N) is 2. The quantitative estimate of drug-likeness (QED) is 0.781. The third-order valence-corrected chi connectivity index (χ3v) is 4.85. The van der Waals surface area contributed by atoms with Gasteiger partial charge < -0.3 is 14.4 Å². The van der Waals surface area contributed by atoms with Gasteiger partial charge in [-0.2, -0.15) is 0 Å². The molecule has 2 aromatic rings. The first-order valence-electron chi connectivity index (χ1n) is 9.23. The van der Waals surface area contributed by atoms with E-state index in [1.54, 1.807) is 17.0 Å². The maximum absolute atomic E-state index is 13.1. The lowest BCUT2D eigenvalue weighted by Gasteiger charge is -2.34. The van der Waals surface area contributed by atoms with Gasteiger partial charge in [0, 0.05) is 38.3 Å². The summed E-state index contributed by atoms with van der Waals surface area (Å²) >= 11 is 0. The van der Waals surface area contributed by atoms with Gasteiger partial charge >= 0.3 is 6.29 Å². The molecule has 0 N–H and O–H groups in total. The fraction of sp³-hybridized carbons (Fsp3) is 0.286. The van der Waals surface area contributed by atoms with Crippen molar-refractivity contribution < 1.29 is 27.4 Å². The Morgan fingerprint density at radius 3 is 2.41 bits per heavy atom. The van der Waals surface area contributed by atoms with Gasteiger partial charge in [-0.1, -0.05) is 24.3 Å². The number of hydrogen-bond acceptors (Lipinski definition) is 4. The van der Waals surface area contributed by atoms with Crippen molar-refractivity contribution in [3.05, 3.63) is 65.5 Å². The van der Waals surface area contributed by atoms with Crippen LogP contribution in [0, 0.1) is 5.82 Å². The molecule has 0 saturated carbocycles. The van der Waals surface area contributed by atoms with Crippen LogP contribution in [0.3, 0.4) is 0 Å². The normalized spacial score (nSPS) is 18.4. The second kappa shape index (κ2) is 7.79. The largest absolute Gasteiger partial charge is 0.586 e. The molecule has 0 aromatic heterocycles. The molecule has 152 valence electrons. The Labute approximate surface area is 165 Å². The lowest BCUT2D eigenvalue weighted by Crippen LogP contribution is -2.48. The van der Waals surface area contributed by atoms with E-state index in [0.29, 0.717) is 26.2 Å². The maximum atomic E-state index is 13.1. The molecule has 2 aliphatic heterocycles. The molecule has 0 radical (unpaired) electrons. The van der Waals surface area contributed by atoms with Gasteiger partial charge in [-0.25, -0.2) is 4.39 Å². The second-order valence-electron chi connectivity index (χ2n) is 6.88. The summed E-state index contributed by atoms with van der Waals surface area (Å²) in [5.41, 5.74) is 1.21. The molecular formula is C21H19F3N2O3. The van der Waals surface area contributed by atoms with Crippen molar-refractivity contribution in [1.29, 1.82) is 0 Å². The average molecular weight is 404 g/mol. The van der Waals surface area contributed by atoms with Crippen molar-refractivity contribution in [3.8, 4) is 11.5 Å². The predicted molar refractivity (Wildman–Crippen MR) is 100 cm³/mol. The molecule has 1 fully saturated rings. The Balaban J connectivity index is 1.29. The van der Waals surface area contributed by atoms with Crippen LogP contribution in [0.15, 0.2) is 48.5 Å². The van der Waals surface area contributed by atoms with Gasteiger partial charge in [-0.15, -0.1) is 8.78 Å². The van der Waals surface area contributed by atoms with Crippen LogP contribution in [0.5, 0.6) is 11.5 Å². The average Bonchev–Trinajstić information content (AvgIpc) is 3.02. The number of alkyl halides is 2. The summed E-state index contributed by atoms with van der Waals surface area (Å²) in [5, 5.41) is 0. The van der Waals surface area contributed by atoms with E-state index < -0.39 is 6.29 Å². The lowest BCUT2D eigenvalue weighted by molar-refractivity contribution is -0.286. The van der Waals surface area contributed by atoms with E-state index >= 15 is 0 Å². The zero-order valence-corrected chi connectivity index (χ0v) is 15.5. The molecule has 8 heteroatoms. The number of halogens is 3. The molecule has 2 heterocycles. The lowest BCUT2D eigenvalue weighted by atomic mass is 10.1. The van der Waals surface area contributed by atoms with Gasteiger partial charge in [0.25, 0.3) is 5.91 Å². The number of rotatable bonds is 4. The summed E-state index contributed by atoms with van der Waals surface area (Å²) in [5.74, 6) is -0.707. The molecule has 29 heavy (non-hydrogen) atoms. The van der Waals surface area contributed by atoms with Gasteiger partial charge in [0.2, 0.25) is 0 Å². The third kappa shape index (κ3) is 4.54. The first-order chi connectivity index (χ1) is 13.9. The Kier molecular flexibility index (Phi) is 5.19. The fourth-order valence-corrected chi connectivity index (χ4v) is 3.31. The van der Waals surface area contributed by atoms with Crippen LogP contribution in [0.4, 0.5) is 13.2 Å². The minimum atomic E-state index is -3.70. The summed E-state index contributed by atoms with van der Waals surface area (Å²) in [6.45, 7) is 3.18. The minimum absolute atomic E-state index is 0.0793. The van der Waals surface area contributed by atoms with Crippen molar-refractivity contribution in [1.82, 2.24) is 9.80 Å². The van der Waals surface area contributed by atoms with E-state index in [4.69, 9.17) is 0 Å². The summed E-state index contributed by atoms with van der Waals surface area (Å²) in [4.78, 5) is 16.6. The van der Waals surface area contributed by atoms with Crippen LogP contribution in [-0.4, -0.2) is 54.7 Å². The molecule has 0 bridgehead atoms. The molecule has 0 atom stereocenters. The van der Waals surface area contributed by atoms with Crippen molar-refractivity contribution in [3.63, 3.8) is 0 Å². The molecule has 2 aliphatic rings. The number of fused-ring (bicyclic) bond motifs is 1. The Morgan fingerprint density at radius 2 is 1.69 bits per heavy atom. The molecule has 0 spiro atoms. The predicted octanol–water partition coefficient (Wildman–Crippen LogP) is 3.62. The maximum Gasteiger partial charge on any atom is 0.586 e. The van der Waals surface area contributed by atoms with E-state index in [1.165, 1.54) is 30.3 Å². The number of hydrogen-bond donors (Lipinski definition) is 0. The van der Waals surface area contributed by atoms with Crippen molar-refractivity contribution in [2.75, 3.05) is 32.7 Å². The topological polar surface area (TPSA) is 42.0 Å². The minimum Gasteiger partial charge on any atom is -0.395 e. The van der Waals surface area contributed by atoms with Crippen molar-refractivity contribution >= 4 is 12.0 Å². The Bertz CT molecular complexity index is 923. The van der Waals surface area contributed by atoms with E-state index in [9.17, 15) is 18.0 Å². The molecular weight excluding hydrogens is 385 g/mol. The monoisotopic (exact) mass is 404 g/mol. The summed E-state index contributed by atoms with van der Waals surface area (Å²) in [6, 6.07) is 10.3. The SMILES string of the molecule is O=C(c1ccc2c(c1)OC(F)(F)O2)N1CCN(C/C=C/c2ccc(F)cc2)CC1. The Hall–Kier alpha value is -3.00. The first-order valence-corrected chi connectivity index (χ1v) is 9.23. The van der Waals surface area contributed by atoms with Crippen LogP contribution < -0.4 is 9.47 Å². The fourth-order valence-electron chi connectivity index (χ4n) is 3.31. The number of amides is 1. The number of benzene rings is 2. The highest BCUT2D eigenvalue weighted by Gasteiger charge is 2.43. The summed E-state index contributed by atoms with van der Waals surface area (Å²) in [6.07, 6.45) is 0.235. The van der Waals surface area contributed by atoms with E-state index in [2.05, 4.69) is 14.4 Å². The van der Waals surface area contributed by atoms with Crippen LogP contribution in [0.1, 0.15) is 15.9 Å².